The van der Waals surface area contributed by atoms with Gasteiger partial charge in [0.05, 0.1) is 5.92 Å². The molecule has 0 aromatic carbocycles. The van der Waals surface area contributed by atoms with E-state index in [4.69, 9.17) is 0 Å². The molecule has 1 nitrogen and oxygen atoms in total. The van der Waals surface area contributed by atoms with Crippen LogP contribution in [-0.2, 0) is 4.74 Å². The van der Waals surface area contributed by atoms with Gasteiger partial charge in [-0.05, 0) is 12.5 Å². The Labute approximate surface area is 145 Å². The maximum atomic E-state index is 4.25. The molecule has 2 radical (unpaired) electrons. The minimum absolute atomic E-state index is 0. The van der Waals surface area contributed by atoms with E-state index in [0.29, 0.717) is 0 Å². The molecule has 0 aromatic rings. The van der Waals surface area contributed by atoms with Crippen LogP contribution in [0, 0.1) is 13.3 Å². The predicted octanol–water partition coefficient (Wildman–Crippen LogP) is 6.84. The van der Waals surface area contributed by atoms with Crippen molar-refractivity contribution >= 4 is 0 Å². The first kappa shape index (κ1) is 26.3. The lowest BCUT2D eigenvalue weighted by Gasteiger charge is -2.16. The minimum atomic E-state index is 0. The quantitative estimate of drug-likeness (QED) is 0.507. The maximum Gasteiger partial charge on any atom is 0.0514 e. The van der Waals surface area contributed by atoms with E-state index in [1.165, 1.54) is 36.3 Å². The molecule has 23 heavy (non-hydrogen) atoms. The maximum absolute atomic E-state index is 4.25. The molecule has 130 valence electrons. The van der Waals surface area contributed by atoms with Gasteiger partial charge in [-0.25, -0.2) is 0 Å². The highest BCUT2D eigenvalue weighted by molar-refractivity contribution is 5.58. The van der Waals surface area contributed by atoms with E-state index in [-0.39, 0.29) is 7.43 Å². The van der Waals surface area contributed by atoms with Crippen LogP contribution in [0.5, 0.6) is 0 Å². The molecule has 2 aliphatic carbocycles. The molecule has 0 bridgehead atoms. The van der Waals surface area contributed by atoms with Crippen molar-refractivity contribution in [3.8, 4) is 0 Å². The van der Waals surface area contributed by atoms with Crippen molar-refractivity contribution in [1.82, 2.24) is 0 Å². The molecular weight excluding hydrogens is 280 g/mol. The smallest absolute Gasteiger partial charge is 0.0514 e. The summed E-state index contributed by atoms with van der Waals surface area (Å²) in [6, 6.07) is 0. The molecule has 0 amide bonds. The number of methoxy groups -OCH3 is 1. The Kier molecular flexibility index (Phi) is 23.3. The highest BCUT2D eigenvalue weighted by atomic mass is 16.4. The third-order valence-electron chi connectivity index (χ3n) is 2.83. The van der Waals surface area contributed by atoms with Gasteiger partial charge >= 0.3 is 0 Å². The van der Waals surface area contributed by atoms with Crippen LogP contribution in [0.1, 0.15) is 40.0 Å². The Bertz CT molecular complexity index is 392. The Morgan fingerprint density at radius 1 is 0.870 bits per heavy atom. The van der Waals surface area contributed by atoms with Gasteiger partial charge in [0.1, 0.15) is 0 Å². The van der Waals surface area contributed by atoms with E-state index in [2.05, 4.69) is 87.3 Å². The number of unbranched alkanes of at least 4 members (excludes halogenated alkanes) is 2. The van der Waals surface area contributed by atoms with Crippen molar-refractivity contribution in [3.63, 3.8) is 0 Å². The van der Waals surface area contributed by atoms with Crippen molar-refractivity contribution < 1.29 is 4.74 Å². The zero-order valence-electron chi connectivity index (χ0n) is 16.1. The van der Waals surface area contributed by atoms with Gasteiger partial charge in [0.25, 0.3) is 0 Å². The van der Waals surface area contributed by atoms with Gasteiger partial charge < -0.3 is 4.74 Å². The van der Waals surface area contributed by atoms with E-state index in [0.717, 1.165) is 0 Å². The fourth-order valence-corrected chi connectivity index (χ4v) is 1.81. The Morgan fingerprint density at radius 3 is 1.91 bits per heavy atom. The number of fused-ring (bicyclic) bond motifs is 1. The number of ether oxygens (including phenoxy) is 1. The average molecular weight is 317 g/mol. The Hall–Kier alpha value is -1.60. The summed E-state index contributed by atoms with van der Waals surface area (Å²) in [4.78, 5) is 0. The van der Waals surface area contributed by atoms with Gasteiger partial charge in [-0.3, -0.25) is 0 Å². The molecule has 0 unspecified atom stereocenters. The largest absolute Gasteiger partial charge is 0.388 e. The summed E-state index contributed by atoms with van der Waals surface area (Å²) in [5.41, 5.74) is 2.64. The number of rotatable bonds is 2. The Morgan fingerprint density at radius 2 is 1.43 bits per heavy atom. The highest BCUT2D eigenvalue weighted by Crippen LogP contribution is 2.29. The summed E-state index contributed by atoms with van der Waals surface area (Å²) in [7, 11) is 3.25. The third kappa shape index (κ3) is 13.8. The van der Waals surface area contributed by atoms with Crippen molar-refractivity contribution in [1.29, 1.82) is 0 Å². The van der Waals surface area contributed by atoms with Gasteiger partial charge in [-0.1, -0.05) is 94.7 Å². The molecule has 0 heterocycles. The average Bonchev–Trinajstić information content (AvgIpc) is 2.78. The second-order valence-electron chi connectivity index (χ2n) is 4.75. The lowest BCUT2D eigenvalue weighted by Crippen LogP contribution is -2.00. The summed E-state index contributed by atoms with van der Waals surface area (Å²) in [6.07, 6.45) is 21.0. The first-order chi connectivity index (χ1) is 10.7. The predicted molar refractivity (Wildman–Crippen MR) is 108 cm³/mol. The zero-order valence-corrected chi connectivity index (χ0v) is 16.1. The van der Waals surface area contributed by atoms with Crippen LogP contribution < -0.4 is 0 Å². The molecule has 1 heteroatoms. The second kappa shape index (κ2) is 20.4. The van der Waals surface area contributed by atoms with Crippen LogP contribution in [-0.4, -0.2) is 14.2 Å². The van der Waals surface area contributed by atoms with Crippen LogP contribution in [0.2, 0.25) is 0 Å². The van der Waals surface area contributed by atoms with E-state index < -0.39 is 0 Å². The SMILES string of the molecule is C=C.CC1=CC=CC2=CC=CC=C[C]12.CCCCC.COC.[CH3]. The van der Waals surface area contributed by atoms with Crippen LogP contribution in [0.4, 0.5) is 0 Å². The second-order valence-corrected chi connectivity index (χ2v) is 4.75. The number of allylic oxidation sites excluding steroid dienone is 10. The van der Waals surface area contributed by atoms with E-state index in [1.807, 2.05) is 0 Å². The standard InChI is InChI=1S/C12H11.C5H12.C2H6O.C2H4.CH3/c1-10-6-5-8-11-7-3-2-4-9-12(10)11;1-3-5-4-2;1-3-2;1-2;/h2-9H,1H3;3-5H2,1-2H3;1-2H3;1-2H2;1H3. The molecule has 0 aromatic heterocycles. The molecule has 2 rings (SSSR count). The molecule has 2 aliphatic rings. The summed E-state index contributed by atoms with van der Waals surface area (Å²) in [5, 5.41) is 0. The zero-order chi connectivity index (χ0) is 17.2. The van der Waals surface area contributed by atoms with Gasteiger partial charge in [-0.2, -0.15) is 0 Å². The van der Waals surface area contributed by atoms with Gasteiger partial charge in [0, 0.05) is 14.2 Å². The van der Waals surface area contributed by atoms with Crippen molar-refractivity contribution in [3.05, 3.63) is 86.3 Å². The normalized spacial score (nSPS) is 14.0. The molecule has 0 saturated carbocycles. The van der Waals surface area contributed by atoms with E-state index in [1.54, 1.807) is 14.2 Å². The number of hydrogen-bond donors (Lipinski definition) is 0. The molecule has 0 saturated heterocycles. The summed E-state index contributed by atoms with van der Waals surface area (Å²) < 4.78 is 4.25. The molecule has 0 atom stereocenters. The summed E-state index contributed by atoms with van der Waals surface area (Å²) >= 11 is 0. The third-order valence-corrected chi connectivity index (χ3v) is 2.83. The van der Waals surface area contributed by atoms with Crippen LogP contribution >= 0.6 is 0 Å². The van der Waals surface area contributed by atoms with Crippen molar-refractivity contribution in [2.75, 3.05) is 14.2 Å². The fraction of sp³-hybridized carbons (Fsp3) is 0.364. The lowest BCUT2D eigenvalue weighted by atomic mass is 9.88. The van der Waals surface area contributed by atoms with Crippen molar-refractivity contribution in [2.45, 2.75) is 40.0 Å². The lowest BCUT2D eigenvalue weighted by molar-refractivity contribution is 0.277. The Balaban J connectivity index is -0.000000310. The molecule has 0 aliphatic heterocycles. The van der Waals surface area contributed by atoms with E-state index >= 15 is 0 Å². The van der Waals surface area contributed by atoms with Gasteiger partial charge in [0.2, 0.25) is 0 Å². The first-order valence-corrected chi connectivity index (χ1v) is 7.89. The molecule has 0 N–H and O–H groups in total. The van der Waals surface area contributed by atoms with Crippen LogP contribution in [0.3, 0.4) is 0 Å². The first-order valence-electron chi connectivity index (χ1n) is 7.89. The van der Waals surface area contributed by atoms with Gasteiger partial charge in [-0.15, -0.1) is 13.2 Å². The summed E-state index contributed by atoms with van der Waals surface area (Å²) in [5.74, 6) is 1.34. The van der Waals surface area contributed by atoms with Gasteiger partial charge in [0.15, 0.2) is 0 Å². The monoisotopic (exact) mass is 316 g/mol. The fourth-order valence-electron chi connectivity index (χ4n) is 1.81. The summed E-state index contributed by atoms with van der Waals surface area (Å²) in [6.45, 7) is 12.6. The number of hydrogen-bond acceptors (Lipinski definition) is 1. The topological polar surface area (TPSA) is 9.23 Å². The van der Waals surface area contributed by atoms with Crippen LogP contribution in [0.25, 0.3) is 0 Å². The molecule has 0 spiro atoms. The van der Waals surface area contributed by atoms with Crippen LogP contribution in [0.15, 0.2) is 72.9 Å². The molecular formula is C22H36O. The minimum Gasteiger partial charge on any atom is -0.388 e. The van der Waals surface area contributed by atoms with E-state index in [9.17, 15) is 0 Å². The molecule has 0 fully saturated rings. The highest BCUT2D eigenvalue weighted by Gasteiger charge is 2.14. The van der Waals surface area contributed by atoms with Crippen molar-refractivity contribution in [2.24, 2.45) is 0 Å².